The number of aliphatic hydroxyl groups is 1. The topological polar surface area (TPSA) is 76.1 Å². The zero-order chi connectivity index (χ0) is 15.2. The van der Waals surface area contributed by atoms with Crippen molar-refractivity contribution in [3.63, 3.8) is 0 Å². The fraction of sp³-hybridized carbons (Fsp3) is 0.538. The van der Waals surface area contributed by atoms with Crippen LogP contribution in [0.5, 0.6) is 5.75 Å². The summed E-state index contributed by atoms with van der Waals surface area (Å²) in [4.78, 5) is 0.0927. The van der Waals surface area contributed by atoms with Gasteiger partial charge in [0.15, 0.2) is 0 Å². The summed E-state index contributed by atoms with van der Waals surface area (Å²) in [6.07, 6.45) is 0. The first-order chi connectivity index (χ1) is 9.51. The molecule has 0 heterocycles. The van der Waals surface area contributed by atoms with E-state index in [1.807, 2.05) is 0 Å². The molecule has 0 unspecified atom stereocenters. The molecule has 20 heavy (non-hydrogen) atoms. The molecule has 6 nitrogen and oxygen atoms in total. The van der Waals surface area contributed by atoms with Crippen molar-refractivity contribution in [3.8, 4) is 5.75 Å². The van der Waals surface area contributed by atoms with Crippen molar-refractivity contribution < 1.29 is 23.0 Å². The first-order valence-electron chi connectivity index (χ1n) is 6.28. The van der Waals surface area contributed by atoms with Crippen LogP contribution in [0.4, 0.5) is 0 Å². The number of sulfonamides is 1. The molecule has 0 aliphatic carbocycles. The Hall–Kier alpha value is -1.15. The Morgan fingerprint density at radius 2 is 2.00 bits per heavy atom. The summed E-state index contributed by atoms with van der Waals surface area (Å²) in [5.74, 6) is 0.229. The molecule has 0 saturated heterocycles. The molecule has 0 spiro atoms. The van der Waals surface area contributed by atoms with Gasteiger partial charge in [-0.2, -0.15) is 4.31 Å². The van der Waals surface area contributed by atoms with Crippen molar-refractivity contribution in [2.75, 3.05) is 33.9 Å². The third kappa shape index (κ3) is 3.69. The van der Waals surface area contributed by atoms with Crippen LogP contribution in [0.25, 0.3) is 0 Å². The second-order valence-electron chi connectivity index (χ2n) is 4.13. The molecule has 0 fully saturated rings. The maximum absolute atomic E-state index is 12.6. The Kier molecular flexibility index (Phi) is 6.41. The summed E-state index contributed by atoms with van der Waals surface area (Å²) >= 11 is 0. The molecule has 1 N–H and O–H groups in total. The minimum Gasteiger partial charge on any atom is -0.495 e. The number of rotatable bonds is 8. The normalized spacial score (nSPS) is 11.8. The van der Waals surface area contributed by atoms with Gasteiger partial charge < -0.3 is 14.6 Å². The quantitative estimate of drug-likeness (QED) is 0.770. The number of benzene rings is 1. The highest BCUT2D eigenvalue weighted by atomic mass is 32.2. The summed E-state index contributed by atoms with van der Waals surface area (Å²) < 4.78 is 36.5. The first-order valence-corrected chi connectivity index (χ1v) is 7.72. The lowest BCUT2D eigenvalue weighted by atomic mass is 10.2. The highest BCUT2D eigenvalue weighted by Gasteiger charge is 2.26. The standard InChI is InChI=1S/C13H21NO5S/c1-4-14(7-8-18-2)20(16,17)13-6-5-11(10-15)9-12(13)19-3/h5-6,9,15H,4,7-8,10H2,1-3H3. The number of ether oxygens (including phenoxy) is 2. The summed E-state index contributed by atoms with van der Waals surface area (Å²) in [5, 5.41) is 9.09. The largest absolute Gasteiger partial charge is 0.495 e. The van der Waals surface area contributed by atoms with E-state index in [4.69, 9.17) is 14.6 Å². The summed E-state index contributed by atoms with van der Waals surface area (Å²) in [6, 6.07) is 4.55. The Morgan fingerprint density at radius 3 is 2.50 bits per heavy atom. The van der Waals surface area contributed by atoms with Crippen LogP contribution in [0.1, 0.15) is 12.5 Å². The van der Waals surface area contributed by atoms with Crippen molar-refractivity contribution in [2.45, 2.75) is 18.4 Å². The van der Waals surface area contributed by atoms with E-state index in [0.29, 0.717) is 18.7 Å². The lowest BCUT2D eigenvalue weighted by Gasteiger charge is -2.21. The van der Waals surface area contributed by atoms with E-state index in [-0.39, 0.29) is 23.8 Å². The second kappa shape index (κ2) is 7.58. The van der Waals surface area contributed by atoms with E-state index in [1.165, 1.54) is 30.7 Å². The minimum atomic E-state index is -3.64. The predicted octanol–water partition coefficient (Wildman–Crippen LogP) is 0.844. The van der Waals surface area contributed by atoms with Gasteiger partial charge in [0, 0.05) is 20.2 Å². The van der Waals surface area contributed by atoms with E-state index in [9.17, 15) is 8.42 Å². The van der Waals surface area contributed by atoms with Gasteiger partial charge in [0.2, 0.25) is 10.0 Å². The van der Waals surface area contributed by atoms with Gasteiger partial charge in [-0.15, -0.1) is 0 Å². The molecule has 7 heteroatoms. The summed E-state index contributed by atoms with van der Waals surface area (Å²) in [7, 11) is -0.716. The van der Waals surface area contributed by atoms with Gasteiger partial charge >= 0.3 is 0 Å². The molecule has 114 valence electrons. The molecule has 0 saturated carbocycles. The zero-order valence-corrected chi connectivity index (χ0v) is 12.8. The van der Waals surface area contributed by atoms with Crippen LogP contribution in [0.2, 0.25) is 0 Å². The molecule has 0 aliphatic rings. The molecule has 0 bridgehead atoms. The number of likely N-dealkylation sites (N-methyl/N-ethyl adjacent to an activating group) is 1. The molecular weight excluding hydrogens is 282 g/mol. The molecule has 0 aliphatic heterocycles. The fourth-order valence-corrected chi connectivity index (χ4v) is 3.37. The average molecular weight is 303 g/mol. The molecular formula is C13H21NO5S. The van der Waals surface area contributed by atoms with Gasteiger partial charge in [-0.25, -0.2) is 8.42 Å². The number of aliphatic hydroxyl groups excluding tert-OH is 1. The third-order valence-electron chi connectivity index (χ3n) is 2.93. The van der Waals surface area contributed by atoms with E-state index < -0.39 is 10.0 Å². The molecule has 1 aromatic rings. The van der Waals surface area contributed by atoms with Gasteiger partial charge in [-0.05, 0) is 17.7 Å². The summed E-state index contributed by atoms with van der Waals surface area (Å²) in [6.45, 7) is 2.54. The van der Waals surface area contributed by atoms with Gasteiger partial charge in [0.1, 0.15) is 10.6 Å². The Balaban J connectivity index is 3.19. The number of hydrogen-bond acceptors (Lipinski definition) is 5. The lowest BCUT2D eigenvalue weighted by molar-refractivity contribution is 0.180. The van der Waals surface area contributed by atoms with Gasteiger partial charge in [0.05, 0.1) is 20.3 Å². The van der Waals surface area contributed by atoms with Crippen molar-refractivity contribution in [3.05, 3.63) is 23.8 Å². The Labute approximate surface area is 120 Å². The van der Waals surface area contributed by atoms with Crippen molar-refractivity contribution in [1.82, 2.24) is 4.31 Å². The van der Waals surface area contributed by atoms with Gasteiger partial charge in [-0.1, -0.05) is 13.0 Å². The Morgan fingerprint density at radius 1 is 1.30 bits per heavy atom. The summed E-state index contributed by atoms with van der Waals surface area (Å²) in [5.41, 5.74) is 0.598. The SMILES string of the molecule is CCN(CCOC)S(=O)(=O)c1ccc(CO)cc1OC. The third-order valence-corrected chi connectivity index (χ3v) is 4.94. The maximum Gasteiger partial charge on any atom is 0.246 e. The molecule has 0 radical (unpaired) electrons. The highest BCUT2D eigenvalue weighted by molar-refractivity contribution is 7.89. The molecule has 0 atom stereocenters. The monoisotopic (exact) mass is 303 g/mol. The number of methoxy groups -OCH3 is 2. The van der Waals surface area contributed by atoms with Crippen molar-refractivity contribution in [1.29, 1.82) is 0 Å². The molecule has 0 aromatic heterocycles. The van der Waals surface area contributed by atoms with Crippen LogP contribution < -0.4 is 4.74 Å². The highest BCUT2D eigenvalue weighted by Crippen LogP contribution is 2.27. The minimum absolute atomic E-state index is 0.0927. The van der Waals surface area contributed by atoms with E-state index in [0.717, 1.165) is 0 Å². The predicted molar refractivity (Wildman–Crippen MR) is 75.2 cm³/mol. The fourth-order valence-electron chi connectivity index (χ4n) is 1.80. The van der Waals surface area contributed by atoms with E-state index in [1.54, 1.807) is 13.0 Å². The van der Waals surface area contributed by atoms with E-state index >= 15 is 0 Å². The van der Waals surface area contributed by atoms with Crippen LogP contribution in [-0.2, 0) is 21.4 Å². The van der Waals surface area contributed by atoms with Crippen molar-refractivity contribution in [2.24, 2.45) is 0 Å². The number of nitrogens with zero attached hydrogens (tertiary/aromatic N) is 1. The lowest BCUT2D eigenvalue weighted by Crippen LogP contribution is -2.34. The van der Waals surface area contributed by atoms with E-state index in [2.05, 4.69) is 0 Å². The average Bonchev–Trinajstić information content (AvgIpc) is 2.46. The van der Waals surface area contributed by atoms with Crippen LogP contribution in [0.3, 0.4) is 0 Å². The van der Waals surface area contributed by atoms with Crippen molar-refractivity contribution >= 4 is 10.0 Å². The second-order valence-corrected chi connectivity index (χ2v) is 6.04. The molecule has 0 amide bonds. The van der Waals surface area contributed by atoms with Crippen LogP contribution in [-0.4, -0.2) is 51.7 Å². The smallest absolute Gasteiger partial charge is 0.246 e. The Bertz CT molecular complexity index is 530. The zero-order valence-electron chi connectivity index (χ0n) is 12.0. The molecule has 1 aromatic carbocycles. The van der Waals surface area contributed by atoms with Crippen LogP contribution in [0.15, 0.2) is 23.1 Å². The van der Waals surface area contributed by atoms with Crippen LogP contribution >= 0.6 is 0 Å². The molecule has 1 rings (SSSR count). The first kappa shape index (κ1) is 16.9. The number of hydrogen-bond donors (Lipinski definition) is 1. The van der Waals surface area contributed by atoms with Gasteiger partial charge in [-0.3, -0.25) is 0 Å². The maximum atomic E-state index is 12.6. The van der Waals surface area contributed by atoms with Gasteiger partial charge in [0.25, 0.3) is 0 Å². The van der Waals surface area contributed by atoms with Crippen LogP contribution in [0, 0.1) is 0 Å².